The summed E-state index contributed by atoms with van der Waals surface area (Å²) in [7, 11) is 0. The molecule has 0 aliphatic heterocycles. The van der Waals surface area contributed by atoms with Crippen LogP contribution in [-0.4, -0.2) is 27.8 Å². The molecular formula is C7H10N2O4. The standard InChI is InChI=1S/C7H10N2O4/c1-2-9(7(11)12)6-8-5(3-10)4-13-6/h4,10H,2-3H2,1H3,(H,11,12). The summed E-state index contributed by atoms with van der Waals surface area (Å²) in [4.78, 5) is 15.3. The van der Waals surface area contributed by atoms with E-state index in [4.69, 9.17) is 14.6 Å². The van der Waals surface area contributed by atoms with Gasteiger partial charge in [0.2, 0.25) is 0 Å². The number of anilines is 1. The highest BCUT2D eigenvalue weighted by molar-refractivity contribution is 5.82. The van der Waals surface area contributed by atoms with Crippen LogP contribution in [-0.2, 0) is 6.61 Å². The number of amides is 1. The molecule has 0 fully saturated rings. The van der Waals surface area contributed by atoms with Gasteiger partial charge in [0.25, 0.3) is 0 Å². The fourth-order valence-corrected chi connectivity index (χ4v) is 0.845. The van der Waals surface area contributed by atoms with Crippen molar-refractivity contribution in [2.75, 3.05) is 11.4 Å². The van der Waals surface area contributed by atoms with Gasteiger partial charge < -0.3 is 14.6 Å². The smallest absolute Gasteiger partial charge is 0.415 e. The number of aromatic nitrogens is 1. The van der Waals surface area contributed by atoms with Gasteiger partial charge in [0.1, 0.15) is 12.0 Å². The number of oxazole rings is 1. The van der Waals surface area contributed by atoms with E-state index >= 15 is 0 Å². The second-order valence-corrected chi connectivity index (χ2v) is 2.31. The van der Waals surface area contributed by atoms with E-state index in [1.807, 2.05) is 0 Å². The summed E-state index contributed by atoms with van der Waals surface area (Å²) >= 11 is 0. The Kier molecular flexibility index (Phi) is 2.86. The maximum Gasteiger partial charge on any atom is 0.415 e. The highest BCUT2D eigenvalue weighted by Gasteiger charge is 2.17. The van der Waals surface area contributed by atoms with Gasteiger partial charge in [-0.15, -0.1) is 0 Å². The van der Waals surface area contributed by atoms with Crippen LogP contribution in [0.15, 0.2) is 10.7 Å². The number of hydrogen-bond acceptors (Lipinski definition) is 4. The van der Waals surface area contributed by atoms with Gasteiger partial charge in [0, 0.05) is 6.54 Å². The SMILES string of the molecule is CCN(C(=O)O)c1nc(CO)co1. The number of carbonyl (C=O) groups is 1. The highest BCUT2D eigenvalue weighted by Crippen LogP contribution is 2.13. The quantitative estimate of drug-likeness (QED) is 0.724. The summed E-state index contributed by atoms with van der Waals surface area (Å²) in [5, 5.41) is 17.3. The second kappa shape index (κ2) is 3.90. The average molecular weight is 186 g/mol. The molecule has 0 radical (unpaired) electrons. The van der Waals surface area contributed by atoms with E-state index in [1.54, 1.807) is 6.92 Å². The zero-order chi connectivity index (χ0) is 9.84. The van der Waals surface area contributed by atoms with Crippen molar-refractivity contribution >= 4 is 12.1 Å². The van der Waals surface area contributed by atoms with E-state index in [1.165, 1.54) is 6.26 Å². The first kappa shape index (κ1) is 9.53. The molecule has 0 aliphatic carbocycles. The molecule has 0 aliphatic rings. The van der Waals surface area contributed by atoms with Crippen molar-refractivity contribution in [3.05, 3.63) is 12.0 Å². The van der Waals surface area contributed by atoms with Crippen molar-refractivity contribution in [1.82, 2.24) is 4.98 Å². The number of hydrogen-bond donors (Lipinski definition) is 2. The van der Waals surface area contributed by atoms with Crippen molar-refractivity contribution in [2.45, 2.75) is 13.5 Å². The fraction of sp³-hybridized carbons (Fsp3) is 0.429. The summed E-state index contributed by atoms with van der Waals surface area (Å²) in [6.07, 6.45) is 0.0924. The van der Waals surface area contributed by atoms with Gasteiger partial charge in [-0.05, 0) is 6.92 Å². The van der Waals surface area contributed by atoms with Gasteiger partial charge in [0.15, 0.2) is 0 Å². The molecule has 1 heterocycles. The highest BCUT2D eigenvalue weighted by atomic mass is 16.4. The Morgan fingerprint density at radius 3 is 2.85 bits per heavy atom. The predicted molar refractivity (Wildman–Crippen MR) is 43.5 cm³/mol. The van der Waals surface area contributed by atoms with Crippen LogP contribution in [0.2, 0.25) is 0 Å². The molecule has 1 aromatic rings. The molecule has 0 spiro atoms. The predicted octanol–water partition coefficient (Wildman–Crippen LogP) is 0.671. The molecule has 1 aromatic heterocycles. The zero-order valence-electron chi connectivity index (χ0n) is 7.10. The molecule has 72 valence electrons. The van der Waals surface area contributed by atoms with Crippen LogP contribution in [0.5, 0.6) is 0 Å². The van der Waals surface area contributed by atoms with Crippen LogP contribution < -0.4 is 4.90 Å². The molecule has 0 bridgehead atoms. The molecule has 0 aromatic carbocycles. The number of carboxylic acid groups (broad SMARTS) is 1. The molecule has 13 heavy (non-hydrogen) atoms. The Bertz CT molecular complexity index is 296. The summed E-state index contributed by atoms with van der Waals surface area (Å²) in [6, 6.07) is -0.0148. The third kappa shape index (κ3) is 1.97. The van der Waals surface area contributed by atoms with Gasteiger partial charge in [0.05, 0.1) is 6.61 Å². The number of aliphatic hydroxyl groups excluding tert-OH is 1. The molecule has 0 unspecified atom stereocenters. The minimum atomic E-state index is -1.13. The molecular weight excluding hydrogens is 176 g/mol. The Morgan fingerprint density at radius 1 is 1.77 bits per heavy atom. The van der Waals surface area contributed by atoms with Crippen LogP contribution in [0.1, 0.15) is 12.6 Å². The first-order valence-corrected chi connectivity index (χ1v) is 3.74. The van der Waals surface area contributed by atoms with Crippen molar-refractivity contribution in [3.8, 4) is 0 Å². The number of rotatable bonds is 3. The van der Waals surface area contributed by atoms with Gasteiger partial charge in [-0.3, -0.25) is 0 Å². The fourth-order valence-electron chi connectivity index (χ4n) is 0.845. The molecule has 1 amide bonds. The lowest BCUT2D eigenvalue weighted by atomic mass is 10.5. The van der Waals surface area contributed by atoms with E-state index in [0.717, 1.165) is 4.90 Å². The lowest BCUT2D eigenvalue weighted by Crippen LogP contribution is -2.28. The van der Waals surface area contributed by atoms with Gasteiger partial charge >= 0.3 is 12.1 Å². The summed E-state index contributed by atoms with van der Waals surface area (Å²) in [6.45, 7) is 1.65. The van der Waals surface area contributed by atoms with Gasteiger partial charge in [-0.2, -0.15) is 4.98 Å². The van der Waals surface area contributed by atoms with Gasteiger partial charge in [-0.1, -0.05) is 0 Å². The maximum atomic E-state index is 10.6. The van der Waals surface area contributed by atoms with Crippen molar-refractivity contribution in [2.24, 2.45) is 0 Å². The van der Waals surface area contributed by atoms with Crippen LogP contribution >= 0.6 is 0 Å². The third-order valence-corrected chi connectivity index (χ3v) is 1.48. The topological polar surface area (TPSA) is 86.8 Å². The van der Waals surface area contributed by atoms with E-state index in [-0.39, 0.29) is 19.2 Å². The summed E-state index contributed by atoms with van der Waals surface area (Å²) < 4.78 is 4.84. The normalized spacial score (nSPS) is 10.0. The molecule has 2 N–H and O–H groups in total. The minimum absolute atomic E-state index is 0.0148. The summed E-state index contributed by atoms with van der Waals surface area (Å²) in [5.41, 5.74) is 0.315. The molecule has 1 rings (SSSR count). The second-order valence-electron chi connectivity index (χ2n) is 2.31. The zero-order valence-corrected chi connectivity index (χ0v) is 7.10. The summed E-state index contributed by atoms with van der Waals surface area (Å²) in [5.74, 6) is 0. The Hall–Kier alpha value is -1.56. The van der Waals surface area contributed by atoms with E-state index < -0.39 is 6.09 Å². The average Bonchev–Trinajstić information content (AvgIpc) is 2.53. The first-order valence-electron chi connectivity index (χ1n) is 3.74. The number of nitrogens with zero attached hydrogens (tertiary/aromatic N) is 2. The Balaban J connectivity index is 2.85. The lowest BCUT2D eigenvalue weighted by Gasteiger charge is -2.10. The van der Waals surface area contributed by atoms with Crippen LogP contribution in [0, 0.1) is 0 Å². The van der Waals surface area contributed by atoms with E-state index in [0.29, 0.717) is 5.69 Å². The minimum Gasteiger partial charge on any atom is -0.465 e. The van der Waals surface area contributed by atoms with Crippen LogP contribution in [0.25, 0.3) is 0 Å². The molecule has 0 saturated carbocycles. The van der Waals surface area contributed by atoms with E-state index in [2.05, 4.69) is 4.98 Å². The third-order valence-electron chi connectivity index (χ3n) is 1.48. The molecule has 0 saturated heterocycles. The lowest BCUT2D eigenvalue weighted by molar-refractivity contribution is 0.200. The van der Waals surface area contributed by atoms with Crippen molar-refractivity contribution < 1.29 is 19.4 Å². The first-order chi connectivity index (χ1) is 6.19. The molecule has 6 heteroatoms. The van der Waals surface area contributed by atoms with Crippen LogP contribution in [0.4, 0.5) is 10.8 Å². The Morgan fingerprint density at radius 2 is 2.46 bits per heavy atom. The Labute approximate surface area is 74.4 Å². The van der Waals surface area contributed by atoms with Crippen molar-refractivity contribution in [3.63, 3.8) is 0 Å². The van der Waals surface area contributed by atoms with E-state index in [9.17, 15) is 4.79 Å². The largest absolute Gasteiger partial charge is 0.465 e. The molecule has 6 nitrogen and oxygen atoms in total. The maximum absolute atomic E-state index is 10.6. The molecule has 0 atom stereocenters. The van der Waals surface area contributed by atoms with Gasteiger partial charge in [-0.25, -0.2) is 9.69 Å². The van der Waals surface area contributed by atoms with Crippen LogP contribution in [0.3, 0.4) is 0 Å². The monoisotopic (exact) mass is 186 g/mol. The number of aliphatic hydroxyl groups is 1. The van der Waals surface area contributed by atoms with Crippen molar-refractivity contribution in [1.29, 1.82) is 0 Å².